The zero-order valence-corrected chi connectivity index (χ0v) is 16.8. The average Bonchev–Trinajstić information content (AvgIpc) is 3.34. The Morgan fingerprint density at radius 3 is 2.31 bits per heavy atom. The highest BCUT2D eigenvalue weighted by atomic mass is 16.2. The molecular formula is C21H28N4O4. The van der Waals surface area contributed by atoms with Gasteiger partial charge in [0.25, 0.3) is 5.91 Å². The number of benzene rings is 1. The van der Waals surface area contributed by atoms with Crippen molar-refractivity contribution in [1.29, 1.82) is 0 Å². The third-order valence-corrected chi connectivity index (χ3v) is 5.96. The molecule has 1 heterocycles. The van der Waals surface area contributed by atoms with E-state index in [0.29, 0.717) is 19.4 Å². The number of fused-ring (bicyclic) bond motifs is 1. The van der Waals surface area contributed by atoms with Gasteiger partial charge in [0.15, 0.2) is 0 Å². The molecule has 3 amide bonds. The van der Waals surface area contributed by atoms with E-state index < -0.39 is 29.7 Å². The number of nitrogens with two attached hydrogens (primary N) is 1. The van der Waals surface area contributed by atoms with Crippen molar-refractivity contribution in [3.63, 3.8) is 0 Å². The Morgan fingerprint density at radius 1 is 1.14 bits per heavy atom. The maximum atomic E-state index is 13.3. The predicted octanol–water partition coefficient (Wildman–Crippen LogP) is -0.460. The topological polar surface area (TPSA) is 122 Å². The van der Waals surface area contributed by atoms with Gasteiger partial charge in [-0.2, -0.15) is 0 Å². The summed E-state index contributed by atoms with van der Waals surface area (Å²) in [5.74, 6) is -2.34. The van der Waals surface area contributed by atoms with Gasteiger partial charge in [0.2, 0.25) is 17.6 Å². The lowest BCUT2D eigenvalue weighted by Crippen LogP contribution is -2.56. The molecule has 0 radical (unpaired) electrons. The van der Waals surface area contributed by atoms with E-state index in [-0.39, 0.29) is 17.9 Å². The molecule has 3 atom stereocenters. The normalized spacial score (nSPS) is 20.8. The first-order valence-electron chi connectivity index (χ1n) is 10.0. The quantitative estimate of drug-likeness (QED) is 0.535. The van der Waals surface area contributed by atoms with Crippen molar-refractivity contribution in [2.24, 2.45) is 11.7 Å². The van der Waals surface area contributed by atoms with Crippen molar-refractivity contribution in [2.75, 3.05) is 13.6 Å². The highest BCUT2D eigenvalue weighted by Crippen LogP contribution is 2.30. The Hall–Kier alpha value is -2.74. The van der Waals surface area contributed by atoms with Crippen molar-refractivity contribution in [3.05, 3.63) is 35.4 Å². The van der Waals surface area contributed by atoms with Crippen LogP contribution in [0.15, 0.2) is 24.3 Å². The van der Waals surface area contributed by atoms with Crippen LogP contribution in [0.4, 0.5) is 0 Å². The van der Waals surface area contributed by atoms with Crippen molar-refractivity contribution in [1.82, 2.24) is 15.5 Å². The molecule has 3 unspecified atom stereocenters. The summed E-state index contributed by atoms with van der Waals surface area (Å²) in [5.41, 5.74) is 7.52. The Balaban J connectivity index is 1.68. The molecular weight excluding hydrogens is 372 g/mol. The maximum absolute atomic E-state index is 13.3. The monoisotopic (exact) mass is 400 g/mol. The second-order valence-corrected chi connectivity index (χ2v) is 7.85. The zero-order valence-electron chi connectivity index (χ0n) is 16.8. The molecule has 4 N–H and O–H groups in total. The number of nitrogens with one attached hydrogen (secondary N) is 2. The fourth-order valence-corrected chi connectivity index (χ4v) is 4.46. The van der Waals surface area contributed by atoms with Gasteiger partial charge < -0.3 is 21.3 Å². The molecule has 0 spiro atoms. The summed E-state index contributed by atoms with van der Waals surface area (Å²) in [7, 11) is 1.77. The predicted molar refractivity (Wildman–Crippen MR) is 107 cm³/mol. The molecule has 1 aliphatic carbocycles. The van der Waals surface area contributed by atoms with Crippen molar-refractivity contribution in [2.45, 2.75) is 50.7 Å². The third-order valence-electron chi connectivity index (χ3n) is 5.96. The Kier molecular flexibility index (Phi) is 6.32. The second-order valence-electron chi connectivity index (χ2n) is 7.85. The van der Waals surface area contributed by atoms with E-state index in [0.717, 1.165) is 12.8 Å². The molecule has 0 saturated carbocycles. The highest BCUT2D eigenvalue weighted by Gasteiger charge is 2.41. The van der Waals surface area contributed by atoms with E-state index in [2.05, 4.69) is 22.8 Å². The second kappa shape index (κ2) is 8.73. The third kappa shape index (κ3) is 4.32. The van der Waals surface area contributed by atoms with Crippen LogP contribution >= 0.6 is 0 Å². The first-order valence-corrected chi connectivity index (χ1v) is 10.0. The molecule has 2 aliphatic rings. The average molecular weight is 400 g/mol. The summed E-state index contributed by atoms with van der Waals surface area (Å²) in [4.78, 5) is 50.3. The molecule has 0 bridgehead atoms. The van der Waals surface area contributed by atoms with Crippen LogP contribution in [0, 0.1) is 5.92 Å². The van der Waals surface area contributed by atoms with Gasteiger partial charge in [-0.1, -0.05) is 24.3 Å². The number of amides is 3. The van der Waals surface area contributed by atoms with Gasteiger partial charge >= 0.3 is 0 Å². The lowest BCUT2D eigenvalue weighted by Gasteiger charge is -2.31. The fraction of sp³-hybridized carbons (Fsp3) is 0.524. The number of ketones is 1. The highest BCUT2D eigenvalue weighted by molar-refractivity contribution is 6.37. The zero-order chi connectivity index (χ0) is 21.1. The molecule has 3 rings (SSSR count). The maximum Gasteiger partial charge on any atom is 0.287 e. The van der Waals surface area contributed by atoms with Gasteiger partial charge in [-0.05, 0) is 56.7 Å². The Labute approximate surface area is 170 Å². The number of Topliss-reactive ketones (excluding diaryl/α,β-unsaturated/α-hetero) is 1. The molecule has 156 valence electrons. The number of likely N-dealkylation sites (N-methyl/N-ethyl adjacent to an activating group) is 1. The number of carbonyl (C=O) groups is 4. The minimum absolute atomic E-state index is 0.100. The molecule has 8 heteroatoms. The Morgan fingerprint density at radius 2 is 1.76 bits per heavy atom. The van der Waals surface area contributed by atoms with Crippen LogP contribution in [-0.2, 0) is 32.0 Å². The van der Waals surface area contributed by atoms with Crippen LogP contribution in [0.2, 0.25) is 0 Å². The number of primary amides is 1. The smallest absolute Gasteiger partial charge is 0.287 e. The van der Waals surface area contributed by atoms with Crippen LogP contribution < -0.4 is 16.4 Å². The molecule has 0 aromatic heterocycles. The molecule has 1 aliphatic heterocycles. The standard InChI is InChI=1S/C21H28N4O4/c1-12(18(26)19(22)27)24-20(28)16-8-5-9-25(16)21(29)17(23-2)15-10-13-6-3-4-7-14(13)11-15/h3-4,6-7,12,15-17,23H,5,8-11H2,1-2H3,(H2,22,27)(H,24,28). The number of nitrogens with zero attached hydrogens (tertiary/aromatic N) is 1. The number of carbonyl (C=O) groups excluding carboxylic acids is 4. The Bertz CT molecular complexity index is 800. The van der Waals surface area contributed by atoms with Gasteiger partial charge in [0, 0.05) is 6.54 Å². The lowest BCUT2D eigenvalue weighted by atomic mass is 9.95. The van der Waals surface area contributed by atoms with Crippen LogP contribution in [0.5, 0.6) is 0 Å². The molecule has 1 aromatic rings. The fourth-order valence-electron chi connectivity index (χ4n) is 4.46. The van der Waals surface area contributed by atoms with Gasteiger partial charge in [-0.15, -0.1) is 0 Å². The van der Waals surface area contributed by atoms with E-state index in [1.807, 2.05) is 12.1 Å². The van der Waals surface area contributed by atoms with Crippen LogP contribution in [0.25, 0.3) is 0 Å². The molecule has 1 aromatic carbocycles. The summed E-state index contributed by atoms with van der Waals surface area (Å²) in [6, 6.07) is 6.15. The van der Waals surface area contributed by atoms with E-state index in [9.17, 15) is 19.2 Å². The van der Waals surface area contributed by atoms with Crippen LogP contribution in [-0.4, -0.2) is 60.1 Å². The van der Waals surface area contributed by atoms with Gasteiger partial charge in [0.1, 0.15) is 6.04 Å². The van der Waals surface area contributed by atoms with E-state index in [1.54, 1.807) is 11.9 Å². The molecule has 1 fully saturated rings. The van der Waals surface area contributed by atoms with E-state index >= 15 is 0 Å². The molecule has 1 saturated heterocycles. The van der Waals surface area contributed by atoms with Crippen LogP contribution in [0.1, 0.15) is 30.9 Å². The van der Waals surface area contributed by atoms with E-state index in [1.165, 1.54) is 18.1 Å². The number of rotatable bonds is 7. The summed E-state index contributed by atoms with van der Waals surface area (Å²) >= 11 is 0. The van der Waals surface area contributed by atoms with E-state index in [4.69, 9.17) is 5.73 Å². The molecule has 8 nitrogen and oxygen atoms in total. The lowest BCUT2D eigenvalue weighted by molar-refractivity contribution is -0.142. The number of hydrogen-bond donors (Lipinski definition) is 3. The summed E-state index contributed by atoms with van der Waals surface area (Å²) in [6.07, 6.45) is 2.88. The summed E-state index contributed by atoms with van der Waals surface area (Å²) in [5, 5.41) is 5.68. The SMILES string of the molecule is CNC(C(=O)N1CCCC1C(=O)NC(C)C(=O)C(N)=O)C1Cc2ccccc2C1. The van der Waals surface area contributed by atoms with Crippen molar-refractivity contribution < 1.29 is 19.2 Å². The number of hydrogen-bond acceptors (Lipinski definition) is 5. The van der Waals surface area contributed by atoms with Crippen molar-refractivity contribution >= 4 is 23.5 Å². The molecule has 29 heavy (non-hydrogen) atoms. The first-order chi connectivity index (χ1) is 13.8. The first kappa shape index (κ1) is 21.0. The summed E-state index contributed by atoms with van der Waals surface area (Å²) in [6.45, 7) is 1.91. The summed E-state index contributed by atoms with van der Waals surface area (Å²) < 4.78 is 0. The number of likely N-dealkylation sites (tertiary alicyclic amines) is 1. The largest absolute Gasteiger partial charge is 0.363 e. The minimum atomic E-state index is -1.09. The minimum Gasteiger partial charge on any atom is -0.363 e. The van der Waals surface area contributed by atoms with Gasteiger partial charge in [0.05, 0.1) is 12.1 Å². The van der Waals surface area contributed by atoms with Gasteiger partial charge in [-0.3, -0.25) is 19.2 Å². The van der Waals surface area contributed by atoms with Crippen molar-refractivity contribution in [3.8, 4) is 0 Å². The van der Waals surface area contributed by atoms with Gasteiger partial charge in [-0.25, -0.2) is 0 Å². The van der Waals surface area contributed by atoms with Crippen LogP contribution in [0.3, 0.4) is 0 Å².